The number of nitrogens with zero attached hydrogens (tertiary/aromatic N) is 3. The number of aromatic nitrogens is 3. The average molecular weight is 406 g/mol. The fraction of sp³-hybridized carbons (Fsp3) is 0.368. The van der Waals surface area contributed by atoms with E-state index in [1.165, 1.54) is 6.33 Å². The van der Waals surface area contributed by atoms with E-state index >= 15 is 0 Å². The van der Waals surface area contributed by atoms with Crippen LogP contribution in [0, 0.1) is 12.8 Å². The van der Waals surface area contributed by atoms with E-state index in [1.54, 1.807) is 24.3 Å². The number of hydrogen-bond donors (Lipinski definition) is 0. The van der Waals surface area contributed by atoms with Crippen molar-refractivity contribution in [2.24, 2.45) is 5.92 Å². The van der Waals surface area contributed by atoms with E-state index in [4.69, 9.17) is 15.8 Å². The topological polar surface area (TPSA) is 74.1 Å². The molecular weight excluding hydrogens is 386 g/mol. The van der Waals surface area contributed by atoms with E-state index in [1.807, 2.05) is 19.2 Å². The van der Waals surface area contributed by atoms with Gasteiger partial charge in [0, 0.05) is 12.2 Å². The molecule has 1 aliphatic carbocycles. The predicted molar refractivity (Wildman–Crippen MR) is 103 cm³/mol. The number of fused-ring (bicyclic) bond motifs is 1. The Balaban J connectivity index is 1.42. The quantitative estimate of drug-likeness (QED) is 0.471. The molecule has 2 unspecified atom stereocenters. The molecule has 0 amide bonds. The lowest BCUT2D eigenvalue weighted by Crippen LogP contribution is -2.14. The molecular formula is C19H20ClN3O3S. The largest absolute Gasteiger partial charge is 0.329 e. The van der Waals surface area contributed by atoms with E-state index in [9.17, 15) is 8.42 Å². The van der Waals surface area contributed by atoms with Crippen molar-refractivity contribution < 1.29 is 12.6 Å². The second-order valence-corrected chi connectivity index (χ2v) is 8.98. The van der Waals surface area contributed by atoms with Crippen LogP contribution in [0.2, 0.25) is 5.15 Å². The SMILES string of the molecule is Cc1ccc(S(=O)(=O)OCC2CCC(n3ccc4c(Cl)ncnc43)C2)cc1. The highest BCUT2D eigenvalue weighted by molar-refractivity contribution is 7.86. The summed E-state index contributed by atoms with van der Waals surface area (Å²) in [7, 11) is -3.72. The maximum absolute atomic E-state index is 12.4. The first-order chi connectivity index (χ1) is 12.9. The molecule has 6 nitrogen and oxygen atoms in total. The van der Waals surface area contributed by atoms with Crippen LogP contribution in [-0.2, 0) is 14.3 Å². The second-order valence-electron chi connectivity index (χ2n) is 7.01. The number of benzene rings is 1. The van der Waals surface area contributed by atoms with Crippen LogP contribution < -0.4 is 0 Å². The Bertz CT molecular complexity index is 1060. The van der Waals surface area contributed by atoms with Crippen molar-refractivity contribution in [1.29, 1.82) is 0 Å². The van der Waals surface area contributed by atoms with Gasteiger partial charge < -0.3 is 4.57 Å². The lowest BCUT2D eigenvalue weighted by molar-refractivity contribution is 0.253. The third kappa shape index (κ3) is 3.72. The molecule has 0 saturated heterocycles. The van der Waals surface area contributed by atoms with Gasteiger partial charge in [-0.05, 0) is 50.3 Å². The van der Waals surface area contributed by atoms with E-state index < -0.39 is 10.1 Å². The van der Waals surface area contributed by atoms with Crippen molar-refractivity contribution in [3.63, 3.8) is 0 Å². The Hall–Kier alpha value is -1.96. The van der Waals surface area contributed by atoms with Gasteiger partial charge in [-0.2, -0.15) is 8.42 Å². The van der Waals surface area contributed by atoms with Crippen LogP contribution in [0.25, 0.3) is 11.0 Å². The van der Waals surface area contributed by atoms with Crippen LogP contribution >= 0.6 is 11.6 Å². The first-order valence-electron chi connectivity index (χ1n) is 8.87. The van der Waals surface area contributed by atoms with Crippen LogP contribution in [-0.4, -0.2) is 29.6 Å². The Morgan fingerprint density at radius 2 is 1.96 bits per heavy atom. The standard InChI is InChI=1S/C19H20ClN3O3S/c1-13-2-6-16(7-3-13)27(24,25)26-11-14-4-5-15(10-14)23-9-8-17-18(20)21-12-22-19(17)23/h2-3,6-9,12,14-15H,4-5,10-11H2,1H3. The van der Waals surface area contributed by atoms with Gasteiger partial charge in [-0.25, -0.2) is 9.97 Å². The molecule has 0 bridgehead atoms. The number of hydrogen-bond acceptors (Lipinski definition) is 5. The molecule has 1 saturated carbocycles. The van der Waals surface area contributed by atoms with Crippen molar-refractivity contribution in [1.82, 2.24) is 14.5 Å². The third-order valence-electron chi connectivity index (χ3n) is 5.14. The average Bonchev–Trinajstić information content (AvgIpc) is 3.28. The van der Waals surface area contributed by atoms with Crippen molar-refractivity contribution in [3.05, 3.63) is 53.6 Å². The van der Waals surface area contributed by atoms with Crippen molar-refractivity contribution >= 4 is 32.8 Å². The van der Waals surface area contributed by atoms with Crippen LogP contribution in [0.3, 0.4) is 0 Å². The highest BCUT2D eigenvalue weighted by Crippen LogP contribution is 2.37. The van der Waals surface area contributed by atoms with Gasteiger partial charge in [-0.15, -0.1) is 0 Å². The minimum absolute atomic E-state index is 0.185. The Labute approximate surface area is 163 Å². The molecule has 2 heterocycles. The fourth-order valence-corrected chi connectivity index (χ4v) is 4.81. The third-order valence-corrected chi connectivity index (χ3v) is 6.73. The van der Waals surface area contributed by atoms with Crippen molar-refractivity contribution in [2.45, 2.75) is 37.1 Å². The van der Waals surface area contributed by atoms with E-state index in [2.05, 4.69) is 14.5 Å². The zero-order valence-electron chi connectivity index (χ0n) is 14.9. The van der Waals surface area contributed by atoms with E-state index in [0.29, 0.717) is 5.15 Å². The Morgan fingerprint density at radius 1 is 1.19 bits per heavy atom. The molecule has 1 aliphatic rings. The number of aryl methyl sites for hydroxylation is 1. The van der Waals surface area contributed by atoms with Gasteiger partial charge in [0.25, 0.3) is 10.1 Å². The second kappa shape index (κ2) is 7.22. The summed E-state index contributed by atoms with van der Waals surface area (Å²) in [6.45, 7) is 2.11. The first-order valence-corrected chi connectivity index (χ1v) is 10.7. The summed E-state index contributed by atoms with van der Waals surface area (Å²) in [6, 6.07) is 8.88. The highest BCUT2D eigenvalue weighted by Gasteiger charge is 2.29. The van der Waals surface area contributed by atoms with Gasteiger partial charge >= 0.3 is 0 Å². The lowest BCUT2D eigenvalue weighted by atomic mass is 10.1. The molecule has 142 valence electrons. The summed E-state index contributed by atoms with van der Waals surface area (Å²) in [6.07, 6.45) is 6.14. The Morgan fingerprint density at radius 3 is 2.74 bits per heavy atom. The Kier molecular flexibility index (Phi) is 4.92. The molecule has 0 radical (unpaired) electrons. The van der Waals surface area contributed by atoms with Crippen molar-refractivity contribution in [3.8, 4) is 0 Å². The predicted octanol–water partition coefficient (Wildman–Crippen LogP) is 4.14. The molecule has 27 heavy (non-hydrogen) atoms. The van der Waals surface area contributed by atoms with Gasteiger partial charge in [-0.3, -0.25) is 4.18 Å². The molecule has 0 aliphatic heterocycles. The molecule has 1 aromatic carbocycles. The first kappa shape index (κ1) is 18.4. The minimum Gasteiger partial charge on any atom is -0.329 e. The number of rotatable bonds is 5. The summed E-state index contributed by atoms with van der Waals surface area (Å²) < 4.78 is 32.2. The molecule has 3 aromatic rings. The van der Waals surface area contributed by atoms with E-state index in [0.717, 1.165) is 35.9 Å². The van der Waals surface area contributed by atoms with Gasteiger partial charge in [0.15, 0.2) is 0 Å². The lowest BCUT2D eigenvalue weighted by Gasteiger charge is -2.14. The van der Waals surface area contributed by atoms with Crippen LogP contribution in [0.5, 0.6) is 0 Å². The highest BCUT2D eigenvalue weighted by atomic mass is 35.5. The summed E-state index contributed by atoms with van der Waals surface area (Å²) in [4.78, 5) is 8.55. The molecule has 8 heteroatoms. The normalized spacial score (nSPS) is 20.4. The molecule has 0 N–H and O–H groups in total. The summed E-state index contributed by atoms with van der Waals surface area (Å²) >= 11 is 6.12. The van der Waals surface area contributed by atoms with E-state index in [-0.39, 0.29) is 23.5 Å². The summed E-state index contributed by atoms with van der Waals surface area (Å²) in [5, 5.41) is 1.28. The fourth-order valence-electron chi connectivity index (χ4n) is 3.65. The summed E-state index contributed by atoms with van der Waals surface area (Å²) in [5.74, 6) is 0.185. The van der Waals surface area contributed by atoms with Gasteiger partial charge in [-0.1, -0.05) is 29.3 Å². The molecule has 2 aromatic heterocycles. The van der Waals surface area contributed by atoms with Crippen LogP contribution in [0.15, 0.2) is 47.8 Å². The van der Waals surface area contributed by atoms with Gasteiger partial charge in [0.05, 0.1) is 16.9 Å². The molecule has 0 spiro atoms. The summed E-state index contributed by atoms with van der Waals surface area (Å²) in [5.41, 5.74) is 1.82. The molecule has 4 rings (SSSR count). The minimum atomic E-state index is -3.72. The molecule has 2 atom stereocenters. The maximum atomic E-state index is 12.4. The van der Waals surface area contributed by atoms with Crippen LogP contribution in [0.4, 0.5) is 0 Å². The van der Waals surface area contributed by atoms with Crippen molar-refractivity contribution in [2.75, 3.05) is 6.61 Å². The smallest absolute Gasteiger partial charge is 0.296 e. The maximum Gasteiger partial charge on any atom is 0.296 e. The van der Waals surface area contributed by atoms with Gasteiger partial charge in [0.1, 0.15) is 17.1 Å². The van der Waals surface area contributed by atoms with Crippen LogP contribution in [0.1, 0.15) is 30.9 Å². The number of halogens is 1. The monoisotopic (exact) mass is 405 g/mol. The zero-order chi connectivity index (χ0) is 19.0. The molecule has 1 fully saturated rings. The zero-order valence-corrected chi connectivity index (χ0v) is 16.4. The van der Waals surface area contributed by atoms with Gasteiger partial charge in [0.2, 0.25) is 0 Å².